The molecule has 0 amide bonds. The Labute approximate surface area is 214 Å². The lowest BCUT2D eigenvalue weighted by atomic mass is 9.84. The van der Waals surface area contributed by atoms with E-state index >= 15 is 0 Å². The molecule has 192 valence electrons. The van der Waals surface area contributed by atoms with Crippen molar-refractivity contribution in [2.45, 2.75) is 70.5 Å². The van der Waals surface area contributed by atoms with Crippen molar-refractivity contribution in [1.29, 1.82) is 0 Å². The van der Waals surface area contributed by atoms with Gasteiger partial charge in [-0.2, -0.15) is 0 Å². The smallest absolute Gasteiger partial charge is 0.338 e. The van der Waals surface area contributed by atoms with Crippen molar-refractivity contribution in [2.75, 3.05) is 11.5 Å². The number of anilines is 2. The molecule has 1 aliphatic carbocycles. The molecule has 1 saturated carbocycles. The van der Waals surface area contributed by atoms with Crippen molar-refractivity contribution >= 4 is 29.4 Å². The third-order valence-electron chi connectivity index (χ3n) is 6.68. The van der Waals surface area contributed by atoms with Crippen LogP contribution in [0.3, 0.4) is 0 Å². The molecule has 2 aromatic rings. The summed E-state index contributed by atoms with van der Waals surface area (Å²) in [6, 6.07) is 12.0. The fraction of sp³-hybridized carbons (Fsp3) is 0.400. The van der Waals surface area contributed by atoms with E-state index in [1.165, 1.54) is 31.8 Å². The maximum Gasteiger partial charge on any atom is 0.338 e. The third kappa shape index (κ3) is 8.91. The van der Waals surface area contributed by atoms with Crippen LogP contribution in [0.2, 0.25) is 0 Å². The average Bonchev–Trinajstić information content (AvgIpc) is 2.89. The second kappa shape index (κ2) is 14.1. The largest absolute Gasteiger partial charge is 0.459 e. The van der Waals surface area contributed by atoms with E-state index in [0.717, 1.165) is 43.6 Å². The minimum Gasteiger partial charge on any atom is -0.459 e. The Hall–Kier alpha value is -3.54. The first-order chi connectivity index (χ1) is 17.4. The highest BCUT2D eigenvalue weighted by molar-refractivity contribution is 5.90. The molecule has 2 aromatic carbocycles. The van der Waals surface area contributed by atoms with Crippen molar-refractivity contribution in [3.05, 3.63) is 77.9 Å². The van der Waals surface area contributed by atoms with Crippen LogP contribution in [-0.4, -0.2) is 18.0 Å². The molecule has 0 heterocycles. The lowest BCUT2D eigenvalue weighted by Gasteiger charge is -2.28. The quantitative estimate of drug-likeness (QED) is 0.116. The zero-order valence-electron chi connectivity index (χ0n) is 21.0. The minimum atomic E-state index is -0.493. The molecule has 6 heteroatoms. The van der Waals surface area contributed by atoms with Gasteiger partial charge in [0.2, 0.25) is 0 Å². The second-order valence-electron chi connectivity index (χ2n) is 9.50. The number of carbonyl (C=O) groups excluding carboxylic acids is 2. The van der Waals surface area contributed by atoms with Crippen LogP contribution in [0.25, 0.3) is 6.08 Å². The van der Waals surface area contributed by atoms with Gasteiger partial charge < -0.3 is 20.9 Å². The highest BCUT2D eigenvalue weighted by atomic mass is 16.5. The van der Waals surface area contributed by atoms with E-state index in [4.69, 9.17) is 20.9 Å². The van der Waals surface area contributed by atoms with Crippen molar-refractivity contribution in [1.82, 2.24) is 0 Å². The number of hydrogen-bond donors (Lipinski definition) is 2. The summed E-state index contributed by atoms with van der Waals surface area (Å²) >= 11 is 0. The van der Waals surface area contributed by atoms with E-state index in [-0.39, 0.29) is 18.7 Å². The Morgan fingerprint density at radius 1 is 0.972 bits per heavy atom. The standard InChI is InChI=1S/C30H38N2O4/c1-2-3-4-5-6-7-22-10-16-27(17-11-22)36-30(34)24-13-8-23(9-14-24)12-19-29(33)35-21-25-20-26(31)15-18-28(25)32/h2,8-9,12-15,18-20,22,27H,1,3-7,10-11,16-17,21,31-32H2. The number of unbranched alkanes of at least 4 members (excludes halogenated alkanes) is 3. The fourth-order valence-corrected chi connectivity index (χ4v) is 4.50. The predicted molar refractivity (Wildman–Crippen MR) is 145 cm³/mol. The van der Waals surface area contributed by atoms with Gasteiger partial charge in [-0.15, -0.1) is 6.58 Å². The van der Waals surface area contributed by atoms with Crippen molar-refractivity contribution in [2.24, 2.45) is 5.92 Å². The van der Waals surface area contributed by atoms with Gasteiger partial charge in [-0.25, -0.2) is 9.59 Å². The number of hydrogen-bond acceptors (Lipinski definition) is 6. The molecule has 3 rings (SSSR count). The van der Waals surface area contributed by atoms with E-state index in [9.17, 15) is 9.59 Å². The Bertz CT molecular complexity index is 1040. The zero-order valence-corrected chi connectivity index (χ0v) is 21.0. The third-order valence-corrected chi connectivity index (χ3v) is 6.68. The van der Waals surface area contributed by atoms with Crippen LogP contribution in [-0.2, 0) is 20.9 Å². The number of rotatable bonds is 12. The molecule has 0 radical (unpaired) electrons. The summed E-state index contributed by atoms with van der Waals surface area (Å²) in [6.07, 6.45) is 15.3. The van der Waals surface area contributed by atoms with Crippen LogP contribution < -0.4 is 11.5 Å². The number of allylic oxidation sites excluding steroid dienone is 1. The molecule has 0 atom stereocenters. The summed E-state index contributed by atoms with van der Waals surface area (Å²) in [5, 5.41) is 0. The number of nitrogens with two attached hydrogens (primary N) is 2. The molecular formula is C30H38N2O4. The van der Waals surface area contributed by atoms with Gasteiger partial charge in [0.25, 0.3) is 0 Å². The Balaban J connectivity index is 1.38. The highest BCUT2D eigenvalue weighted by Crippen LogP contribution is 2.30. The molecule has 0 spiro atoms. The van der Waals surface area contributed by atoms with E-state index in [2.05, 4.69) is 6.58 Å². The second-order valence-corrected chi connectivity index (χ2v) is 9.50. The Morgan fingerprint density at radius 3 is 2.44 bits per heavy atom. The number of nitrogen functional groups attached to an aromatic ring is 2. The lowest BCUT2D eigenvalue weighted by Crippen LogP contribution is -2.24. The normalized spacial score (nSPS) is 17.6. The molecule has 1 aliphatic rings. The van der Waals surface area contributed by atoms with Gasteiger partial charge in [0.05, 0.1) is 5.56 Å². The van der Waals surface area contributed by atoms with Crippen LogP contribution >= 0.6 is 0 Å². The van der Waals surface area contributed by atoms with Crippen LogP contribution in [0.4, 0.5) is 11.4 Å². The summed E-state index contributed by atoms with van der Waals surface area (Å²) in [4.78, 5) is 24.6. The summed E-state index contributed by atoms with van der Waals surface area (Å²) in [7, 11) is 0. The van der Waals surface area contributed by atoms with Gasteiger partial charge in [0.1, 0.15) is 12.7 Å². The van der Waals surface area contributed by atoms with E-state index in [1.807, 2.05) is 6.08 Å². The Kier molecular flexibility index (Phi) is 10.6. The molecule has 36 heavy (non-hydrogen) atoms. The maximum absolute atomic E-state index is 12.6. The Morgan fingerprint density at radius 2 is 1.72 bits per heavy atom. The van der Waals surface area contributed by atoms with Crippen molar-refractivity contribution in [3.63, 3.8) is 0 Å². The molecule has 0 saturated heterocycles. The van der Waals surface area contributed by atoms with Crippen molar-refractivity contribution < 1.29 is 19.1 Å². The van der Waals surface area contributed by atoms with Crippen LogP contribution in [0, 0.1) is 5.92 Å². The molecule has 0 unspecified atom stereocenters. The van der Waals surface area contributed by atoms with E-state index < -0.39 is 5.97 Å². The molecule has 0 aromatic heterocycles. The first-order valence-corrected chi connectivity index (χ1v) is 12.8. The number of ether oxygens (including phenoxy) is 2. The molecule has 0 aliphatic heterocycles. The zero-order chi connectivity index (χ0) is 25.8. The fourth-order valence-electron chi connectivity index (χ4n) is 4.50. The highest BCUT2D eigenvalue weighted by Gasteiger charge is 2.24. The van der Waals surface area contributed by atoms with Gasteiger partial charge in [-0.1, -0.05) is 37.5 Å². The summed E-state index contributed by atoms with van der Waals surface area (Å²) < 4.78 is 11.0. The molecule has 0 bridgehead atoms. The van der Waals surface area contributed by atoms with E-state index in [1.54, 1.807) is 48.5 Å². The molecule has 4 N–H and O–H groups in total. The summed E-state index contributed by atoms with van der Waals surface area (Å²) in [5.41, 5.74) is 14.6. The summed E-state index contributed by atoms with van der Waals surface area (Å²) in [6.45, 7) is 3.82. The van der Waals surface area contributed by atoms with Gasteiger partial charge in [-0.3, -0.25) is 0 Å². The SMILES string of the molecule is C=CCCCCCC1CCC(OC(=O)c2ccc(C=CC(=O)OCc3cc(N)ccc3N)cc2)CC1. The number of esters is 2. The maximum atomic E-state index is 12.6. The molecule has 6 nitrogen and oxygen atoms in total. The average molecular weight is 491 g/mol. The van der Waals surface area contributed by atoms with E-state index in [0.29, 0.717) is 22.5 Å². The first-order valence-electron chi connectivity index (χ1n) is 12.8. The molecular weight excluding hydrogens is 452 g/mol. The molecule has 1 fully saturated rings. The monoisotopic (exact) mass is 490 g/mol. The van der Waals surface area contributed by atoms with Gasteiger partial charge in [-0.05, 0) is 86.4 Å². The number of benzene rings is 2. The van der Waals surface area contributed by atoms with Gasteiger partial charge in [0, 0.05) is 23.0 Å². The van der Waals surface area contributed by atoms with Gasteiger partial charge in [0.15, 0.2) is 0 Å². The topological polar surface area (TPSA) is 105 Å². The van der Waals surface area contributed by atoms with Crippen LogP contribution in [0.15, 0.2) is 61.2 Å². The first kappa shape index (κ1) is 27.1. The van der Waals surface area contributed by atoms with Gasteiger partial charge >= 0.3 is 11.9 Å². The number of carbonyl (C=O) groups is 2. The van der Waals surface area contributed by atoms with Crippen LogP contribution in [0.1, 0.15) is 79.3 Å². The van der Waals surface area contributed by atoms with Crippen molar-refractivity contribution in [3.8, 4) is 0 Å². The predicted octanol–water partition coefficient (Wildman–Crippen LogP) is 6.46. The lowest BCUT2D eigenvalue weighted by molar-refractivity contribution is -0.138. The minimum absolute atomic E-state index is 0.00198. The summed E-state index contributed by atoms with van der Waals surface area (Å²) in [5.74, 6) is -0.0326. The van der Waals surface area contributed by atoms with Crippen LogP contribution in [0.5, 0.6) is 0 Å².